The van der Waals surface area contributed by atoms with Gasteiger partial charge in [0, 0.05) is 37.3 Å². The molecule has 0 unspecified atom stereocenters. The summed E-state index contributed by atoms with van der Waals surface area (Å²) < 4.78 is 18.5. The van der Waals surface area contributed by atoms with Crippen molar-refractivity contribution in [2.45, 2.75) is 31.8 Å². The van der Waals surface area contributed by atoms with Gasteiger partial charge in [-0.2, -0.15) is 5.10 Å². The summed E-state index contributed by atoms with van der Waals surface area (Å²) in [7, 11) is 0. The molecule has 2 fully saturated rings. The van der Waals surface area contributed by atoms with E-state index in [1.165, 1.54) is 25.1 Å². The second-order valence-corrected chi connectivity index (χ2v) is 8.93. The standard InChI is InChI=1S/C23H23FN8O.ClH/c24-18-2-1-3-19-21(18)22(16-10-30(11-16)23(33)15-6-7-26-20(25)8-15)28-32(19)13-17-12-31(29-27-17)9-14-4-5-14;/h1-3,6-8,12,14,16H,4-5,9-11,13H2,(H2,25,26);1H. The van der Waals surface area contributed by atoms with Crippen LogP contribution < -0.4 is 5.73 Å². The van der Waals surface area contributed by atoms with Crippen molar-refractivity contribution >= 4 is 35.0 Å². The summed E-state index contributed by atoms with van der Waals surface area (Å²) in [5, 5.41) is 13.8. The van der Waals surface area contributed by atoms with Crippen LogP contribution in [-0.2, 0) is 13.1 Å². The maximum atomic E-state index is 14.9. The first kappa shape index (κ1) is 22.3. The molecule has 34 heavy (non-hydrogen) atoms. The summed E-state index contributed by atoms with van der Waals surface area (Å²) in [5.41, 5.74) is 8.37. The third-order valence-electron chi connectivity index (χ3n) is 6.38. The quantitative estimate of drug-likeness (QED) is 0.452. The van der Waals surface area contributed by atoms with Crippen LogP contribution in [0.5, 0.6) is 0 Å². The summed E-state index contributed by atoms with van der Waals surface area (Å²) >= 11 is 0. The van der Waals surface area contributed by atoms with E-state index in [2.05, 4.69) is 15.3 Å². The number of nitrogens with zero attached hydrogens (tertiary/aromatic N) is 7. The van der Waals surface area contributed by atoms with Crippen LogP contribution in [-0.4, -0.2) is 53.7 Å². The maximum Gasteiger partial charge on any atom is 0.254 e. The minimum Gasteiger partial charge on any atom is -0.384 e. The van der Waals surface area contributed by atoms with Gasteiger partial charge in [-0.1, -0.05) is 11.3 Å². The van der Waals surface area contributed by atoms with Crippen molar-refractivity contribution in [3.63, 3.8) is 0 Å². The lowest BCUT2D eigenvalue weighted by Crippen LogP contribution is -2.48. The van der Waals surface area contributed by atoms with Crippen molar-refractivity contribution in [2.24, 2.45) is 5.92 Å². The van der Waals surface area contributed by atoms with Crippen molar-refractivity contribution in [3.05, 3.63) is 65.5 Å². The first-order chi connectivity index (χ1) is 16.0. The zero-order valence-corrected chi connectivity index (χ0v) is 19.2. The Labute approximate surface area is 201 Å². The van der Waals surface area contributed by atoms with E-state index in [-0.39, 0.29) is 30.0 Å². The predicted octanol–water partition coefficient (Wildman–Crippen LogP) is 2.86. The van der Waals surface area contributed by atoms with Crippen molar-refractivity contribution in [1.29, 1.82) is 0 Å². The SMILES string of the molecule is Cl.Nc1cc(C(=O)N2CC(c3nn(Cc4cn(CC5CC5)nn4)c4cccc(F)c34)C2)ccn1. The molecule has 2 aliphatic rings. The molecule has 1 saturated carbocycles. The summed E-state index contributed by atoms with van der Waals surface area (Å²) in [6, 6.07) is 8.21. The Morgan fingerprint density at radius 2 is 2.03 bits per heavy atom. The second-order valence-electron chi connectivity index (χ2n) is 8.93. The number of likely N-dealkylation sites (tertiary alicyclic amines) is 1. The Balaban J connectivity index is 0.00000241. The fourth-order valence-corrected chi connectivity index (χ4v) is 4.42. The maximum absolute atomic E-state index is 14.9. The lowest BCUT2D eigenvalue weighted by Gasteiger charge is -2.38. The summed E-state index contributed by atoms with van der Waals surface area (Å²) in [6.07, 6.45) is 5.95. The number of hydrogen-bond acceptors (Lipinski definition) is 6. The summed E-state index contributed by atoms with van der Waals surface area (Å²) in [4.78, 5) is 18.4. The number of hydrogen-bond donors (Lipinski definition) is 1. The highest BCUT2D eigenvalue weighted by Gasteiger charge is 2.36. The summed E-state index contributed by atoms with van der Waals surface area (Å²) in [5.74, 6) is 0.548. The zero-order chi connectivity index (χ0) is 22.5. The van der Waals surface area contributed by atoms with Crippen molar-refractivity contribution in [2.75, 3.05) is 18.8 Å². The lowest BCUT2D eigenvalue weighted by atomic mass is 9.93. The number of anilines is 1. The van der Waals surface area contributed by atoms with E-state index in [4.69, 9.17) is 10.8 Å². The molecule has 0 spiro atoms. The Morgan fingerprint density at radius 3 is 2.79 bits per heavy atom. The van der Waals surface area contributed by atoms with E-state index in [1.54, 1.807) is 27.8 Å². The number of pyridine rings is 1. The van der Waals surface area contributed by atoms with Gasteiger partial charge in [0.05, 0.1) is 29.3 Å². The number of nitrogen functional groups attached to an aromatic ring is 1. The number of halogens is 2. The lowest BCUT2D eigenvalue weighted by molar-refractivity contribution is 0.0599. The zero-order valence-electron chi connectivity index (χ0n) is 18.3. The molecular formula is C23H24ClFN8O. The smallest absolute Gasteiger partial charge is 0.254 e. The fourth-order valence-electron chi connectivity index (χ4n) is 4.42. The Morgan fingerprint density at radius 1 is 1.21 bits per heavy atom. The molecule has 11 heteroatoms. The third kappa shape index (κ3) is 4.09. The molecule has 4 heterocycles. The fraction of sp³-hybridized carbons (Fsp3) is 0.348. The van der Waals surface area contributed by atoms with Crippen molar-refractivity contribution in [1.82, 2.24) is 34.7 Å². The van der Waals surface area contributed by atoms with Crippen LogP contribution in [0.1, 0.15) is 40.5 Å². The Kier molecular flexibility index (Phi) is 5.68. The highest BCUT2D eigenvalue weighted by molar-refractivity contribution is 5.95. The molecule has 1 aliphatic carbocycles. The first-order valence-electron chi connectivity index (χ1n) is 11.1. The van der Waals surface area contributed by atoms with Gasteiger partial charge in [0.2, 0.25) is 0 Å². The molecule has 6 rings (SSSR count). The topological polar surface area (TPSA) is 108 Å². The van der Waals surface area contributed by atoms with Gasteiger partial charge >= 0.3 is 0 Å². The number of carbonyl (C=O) groups is 1. The van der Waals surface area contributed by atoms with E-state index in [1.807, 2.05) is 16.9 Å². The van der Waals surface area contributed by atoms with E-state index >= 15 is 0 Å². The molecule has 2 N–H and O–H groups in total. The minimum absolute atomic E-state index is 0. The third-order valence-corrected chi connectivity index (χ3v) is 6.38. The molecule has 1 aromatic carbocycles. The Bertz CT molecular complexity index is 1360. The average Bonchev–Trinajstić information content (AvgIpc) is 3.35. The van der Waals surface area contributed by atoms with Crippen LogP contribution in [0.2, 0.25) is 0 Å². The number of nitrogens with two attached hydrogens (primary N) is 1. The van der Waals surface area contributed by atoms with Gasteiger partial charge in [-0.15, -0.1) is 17.5 Å². The molecule has 1 amide bonds. The van der Waals surface area contributed by atoms with Crippen LogP contribution >= 0.6 is 12.4 Å². The number of rotatable bonds is 6. The van der Waals surface area contributed by atoms with E-state index in [9.17, 15) is 9.18 Å². The van der Waals surface area contributed by atoms with Gasteiger partial charge in [-0.05, 0) is 43.0 Å². The van der Waals surface area contributed by atoms with E-state index in [0.717, 1.165) is 12.2 Å². The molecule has 1 aliphatic heterocycles. The first-order valence-corrected chi connectivity index (χ1v) is 11.1. The molecule has 4 aromatic rings. The monoisotopic (exact) mass is 482 g/mol. The molecule has 176 valence electrons. The van der Waals surface area contributed by atoms with Gasteiger partial charge in [-0.3, -0.25) is 14.2 Å². The second kappa shape index (κ2) is 8.68. The largest absolute Gasteiger partial charge is 0.384 e. The van der Waals surface area contributed by atoms with Crippen LogP contribution in [0.25, 0.3) is 10.9 Å². The highest BCUT2D eigenvalue weighted by Crippen LogP contribution is 2.34. The predicted molar refractivity (Wildman–Crippen MR) is 126 cm³/mol. The molecule has 9 nitrogen and oxygen atoms in total. The van der Waals surface area contributed by atoms with Crippen LogP contribution in [0, 0.1) is 11.7 Å². The van der Waals surface area contributed by atoms with Crippen molar-refractivity contribution in [3.8, 4) is 0 Å². The number of aromatic nitrogens is 6. The van der Waals surface area contributed by atoms with Gasteiger partial charge < -0.3 is 10.6 Å². The molecule has 0 bridgehead atoms. The average molecular weight is 483 g/mol. The van der Waals surface area contributed by atoms with Gasteiger partial charge in [0.1, 0.15) is 17.3 Å². The van der Waals surface area contributed by atoms with Gasteiger partial charge in [0.15, 0.2) is 0 Å². The van der Waals surface area contributed by atoms with Gasteiger partial charge in [0.25, 0.3) is 5.91 Å². The minimum atomic E-state index is -0.308. The number of benzene rings is 1. The molecule has 1 saturated heterocycles. The molecule has 0 radical (unpaired) electrons. The van der Waals surface area contributed by atoms with E-state index < -0.39 is 0 Å². The number of fused-ring (bicyclic) bond motifs is 1. The van der Waals surface area contributed by atoms with Gasteiger partial charge in [-0.25, -0.2) is 9.37 Å². The summed E-state index contributed by atoms with van der Waals surface area (Å²) in [6.45, 7) is 2.25. The molecule has 0 atom stereocenters. The highest BCUT2D eigenvalue weighted by atomic mass is 35.5. The van der Waals surface area contributed by atoms with Crippen LogP contribution in [0.4, 0.5) is 10.2 Å². The Hall–Kier alpha value is -3.53. The molecule has 3 aromatic heterocycles. The van der Waals surface area contributed by atoms with E-state index in [0.29, 0.717) is 53.5 Å². The molecular weight excluding hydrogens is 459 g/mol. The van der Waals surface area contributed by atoms with Crippen LogP contribution in [0.3, 0.4) is 0 Å². The van der Waals surface area contributed by atoms with Crippen LogP contribution in [0.15, 0.2) is 42.7 Å². The normalized spacial score (nSPS) is 15.9. The van der Waals surface area contributed by atoms with Crippen molar-refractivity contribution < 1.29 is 9.18 Å². The number of carbonyl (C=O) groups excluding carboxylic acids is 1. The number of amides is 1.